The Kier molecular flexibility index (Phi) is 5.46. The topological polar surface area (TPSA) is 69.7 Å². The molecule has 1 heterocycles. The Morgan fingerprint density at radius 2 is 2.09 bits per heavy atom. The molecule has 0 fully saturated rings. The first-order chi connectivity index (χ1) is 10.6. The molecular weight excluding hydrogens is 328 g/mol. The number of rotatable bonds is 6. The molecule has 0 saturated carbocycles. The third-order valence-corrected chi connectivity index (χ3v) is 3.99. The lowest BCUT2D eigenvalue weighted by Gasteiger charge is -2.15. The van der Waals surface area contributed by atoms with Crippen molar-refractivity contribution in [2.45, 2.75) is 6.54 Å². The van der Waals surface area contributed by atoms with Gasteiger partial charge in [-0.2, -0.15) is 0 Å². The normalized spacial score (nSPS) is 10.2. The number of anilines is 1. The minimum Gasteiger partial charge on any atom is -0.493 e. The van der Waals surface area contributed by atoms with Crippen LogP contribution >= 0.6 is 22.9 Å². The van der Waals surface area contributed by atoms with E-state index in [1.165, 1.54) is 32.7 Å². The number of thiazole rings is 1. The monoisotopic (exact) mass is 342 g/mol. The summed E-state index contributed by atoms with van der Waals surface area (Å²) in [5.41, 5.74) is 0.983. The fourth-order valence-corrected chi connectivity index (χ4v) is 2.80. The van der Waals surface area contributed by atoms with Crippen molar-refractivity contribution in [1.29, 1.82) is 0 Å². The third-order valence-electron chi connectivity index (χ3n) is 2.88. The van der Waals surface area contributed by atoms with Crippen molar-refractivity contribution >= 4 is 34.6 Å². The Balaban J connectivity index is 2.32. The maximum Gasteiger partial charge on any atom is 0.338 e. The van der Waals surface area contributed by atoms with Crippen molar-refractivity contribution in [3.8, 4) is 11.5 Å². The number of methoxy groups -OCH3 is 3. The molecule has 8 heteroatoms. The molecule has 2 aromatic rings. The van der Waals surface area contributed by atoms with E-state index in [-0.39, 0.29) is 0 Å². The summed E-state index contributed by atoms with van der Waals surface area (Å²) in [7, 11) is 4.36. The summed E-state index contributed by atoms with van der Waals surface area (Å²) in [4.78, 5) is 16.7. The highest BCUT2D eigenvalue weighted by atomic mass is 35.5. The Morgan fingerprint density at radius 3 is 2.64 bits per heavy atom. The molecule has 0 atom stereocenters. The van der Waals surface area contributed by atoms with E-state index in [1.54, 1.807) is 18.3 Å². The van der Waals surface area contributed by atoms with Crippen LogP contribution in [0.3, 0.4) is 0 Å². The molecular formula is C14H15ClN2O4S. The van der Waals surface area contributed by atoms with Crippen LogP contribution in [0.1, 0.15) is 15.2 Å². The van der Waals surface area contributed by atoms with E-state index in [0.29, 0.717) is 33.8 Å². The van der Waals surface area contributed by atoms with Crippen molar-refractivity contribution in [3.63, 3.8) is 0 Å². The minimum absolute atomic E-state index is 0.366. The molecule has 0 aliphatic carbocycles. The molecule has 2 rings (SSSR count). The second-order valence-corrected chi connectivity index (χ2v) is 5.88. The second kappa shape index (κ2) is 7.33. The van der Waals surface area contributed by atoms with Gasteiger partial charge in [0.15, 0.2) is 16.0 Å². The number of ether oxygens (including phenoxy) is 3. The predicted molar refractivity (Wildman–Crippen MR) is 85.3 cm³/mol. The summed E-state index contributed by atoms with van der Waals surface area (Å²) in [6.07, 6.45) is 1.69. The van der Waals surface area contributed by atoms with Crippen LogP contribution in [-0.4, -0.2) is 32.3 Å². The van der Waals surface area contributed by atoms with Crippen molar-refractivity contribution in [2.75, 3.05) is 26.6 Å². The SMILES string of the molecule is COC(=O)c1cc(NCc2cnc(Cl)s2)c(OC)c(OC)c1. The van der Waals surface area contributed by atoms with Crippen molar-refractivity contribution in [1.82, 2.24) is 4.98 Å². The molecule has 0 aliphatic heterocycles. The van der Waals surface area contributed by atoms with E-state index >= 15 is 0 Å². The number of carbonyl (C=O) groups excluding carboxylic acids is 1. The van der Waals surface area contributed by atoms with Gasteiger partial charge in [0.05, 0.1) is 39.1 Å². The summed E-state index contributed by atoms with van der Waals surface area (Å²) in [5, 5.41) is 3.19. The number of hydrogen-bond donors (Lipinski definition) is 1. The van der Waals surface area contributed by atoms with Crippen LogP contribution in [0.2, 0.25) is 4.47 Å². The quantitative estimate of drug-likeness (QED) is 0.813. The van der Waals surface area contributed by atoms with Crippen LogP contribution in [0.25, 0.3) is 0 Å². The third kappa shape index (κ3) is 3.61. The molecule has 118 valence electrons. The van der Waals surface area contributed by atoms with Gasteiger partial charge in [-0.05, 0) is 12.1 Å². The molecule has 1 aromatic carbocycles. The predicted octanol–water partition coefficient (Wildman–Crippen LogP) is 3.21. The maximum atomic E-state index is 11.7. The molecule has 22 heavy (non-hydrogen) atoms. The van der Waals surface area contributed by atoms with Gasteiger partial charge in [0.25, 0.3) is 0 Å². The van der Waals surface area contributed by atoms with Gasteiger partial charge in [-0.25, -0.2) is 9.78 Å². The minimum atomic E-state index is -0.454. The Bertz CT molecular complexity index is 675. The smallest absolute Gasteiger partial charge is 0.338 e. The van der Waals surface area contributed by atoms with Crippen LogP contribution in [-0.2, 0) is 11.3 Å². The van der Waals surface area contributed by atoms with E-state index in [4.69, 9.17) is 25.8 Å². The van der Waals surface area contributed by atoms with Gasteiger partial charge in [-0.1, -0.05) is 11.6 Å². The van der Waals surface area contributed by atoms with E-state index in [9.17, 15) is 4.79 Å². The lowest BCUT2D eigenvalue weighted by Crippen LogP contribution is -2.06. The summed E-state index contributed by atoms with van der Waals surface area (Å²) in [6, 6.07) is 3.22. The summed E-state index contributed by atoms with van der Waals surface area (Å²) < 4.78 is 15.8. The number of benzene rings is 1. The summed E-state index contributed by atoms with van der Waals surface area (Å²) in [6.45, 7) is 0.495. The van der Waals surface area contributed by atoms with Crippen molar-refractivity contribution in [3.05, 3.63) is 33.2 Å². The van der Waals surface area contributed by atoms with Gasteiger partial charge in [-0.15, -0.1) is 11.3 Å². The zero-order valence-corrected chi connectivity index (χ0v) is 13.9. The molecule has 0 spiro atoms. The number of hydrogen-bond acceptors (Lipinski definition) is 7. The van der Waals surface area contributed by atoms with Gasteiger partial charge >= 0.3 is 5.97 Å². The fraction of sp³-hybridized carbons (Fsp3) is 0.286. The molecule has 6 nitrogen and oxygen atoms in total. The molecule has 0 saturated heterocycles. The zero-order valence-electron chi connectivity index (χ0n) is 12.3. The van der Waals surface area contributed by atoms with Crippen LogP contribution in [0.15, 0.2) is 18.3 Å². The van der Waals surface area contributed by atoms with Crippen LogP contribution in [0, 0.1) is 0 Å². The van der Waals surface area contributed by atoms with Crippen LogP contribution < -0.4 is 14.8 Å². The number of aromatic nitrogens is 1. The molecule has 0 aliphatic rings. The largest absolute Gasteiger partial charge is 0.493 e. The first-order valence-electron chi connectivity index (χ1n) is 6.27. The molecule has 0 unspecified atom stereocenters. The summed E-state index contributed by atoms with van der Waals surface area (Å²) >= 11 is 7.18. The van der Waals surface area contributed by atoms with Crippen molar-refractivity contribution < 1.29 is 19.0 Å². The van der Waals surface area contributed by atoms with E-state index in [1.807, 2.05) is 0 Å². The highest BCUT2D eigenvalue weighted by Gasteiger charge is 2.16. The van der Waals surface area contributed by atoms with E-state index < -0.39 is 5.97 Å². The van der Waals surface area contributed by atoms with Crippen molar-refractivity contribution in [2.24, 2.45) is 0 Å². The Labute approximate surface area is 137 Å². The van der Waals surface area contributed by atoms with Crippen LogP contribution in [0.4, 0.5) is 5.69 Å². The zero-order chi connectivity index (χ0) is 16.1. The number of halogens is 1. The van der Waals surface area contributed by atoms with Crippen LogP contribution in [0.5, 0.6) is 11.5 Å². The lowest BCUT2D eigenvalue weighted by atomic mass is 10.1. The number of carbonyl (C=O) groups is 1. The number of esters is 1. The lowest BCUT2D eigenvalue weighted by molar-refractivity contribution is 0.0600. The second-order valence-electron chi connectivity index (χ2n) is 4.18. The van der Waals surface area contributed by atoms with Gasteiger partial charge in [0.2, 0.25) is 0 Å². The first-order valence-corrected chi connectivity index (χ1v) is 7.47. The maximum absolute atomic E-state index is 11.7. The number of nitrogens with zero attached hydrogens (tertiary/aromatic N) is 1. The molecule has 0 radical (unpaired) electrons. The average Bonchev–Trinajstić information content (AvgIpc) is 2.96. The highest BCUT2D eigenvalue weighted by Crippen LogP contribution is 2.37. The fourth-order valence-electron chi connectivity index (χ4n) is 1.88. The van der Waals surface area contributed by atoms with E-state index in [0.717, 1.165) is 4.88 Å². The van der Waals surface area contributed by atoms with Gasteiger partial charge in [-0.3, -0.25) is 0 Å². The molecule has 1 N–H and O–H groups in total. The first kappa shape index (κ1) is 16.4. The van der Waals surface area contributed by atoms with E-state index in [2.05, 4.69) is 10.3 Å². The highest BCUT2D eigenvalue weighted by molar-refractivity contribution is 7.15. The summed E-state index contributed by atoms with van der Waals surface area (Å²) in [5.74, 6) is 0.492. The standard InChI is InChI=1S/C14H15ClN2O4S/c1-19-11-5-8(13(18)21-3)4-10(12(11)20-2)16-6-9-7-17-14(15)22-9/h4-5,7,16H,6H2,1-3H3. The molecule has 0 amide bonds. The number of nitrogens with one attached hydrogen (secondary N) is 1. The van der Waals surface area contributed by atoms with Gasteiger partial charge < -0.3 is 19.5 Å². The molecule has 0 bridgehead atoms. The Hall–Kier alpha value is -1.99. The van der Waals surface area contributed by atoms with Gasteiger partial charge in [0, 0.05) is 11.1 Å². The average molecular weight is 343 g/mol. The molecule has 1 aromatic heterocycles. The van der Waals surface area contributed by atoms with Gasteiger partial charge in [0.1, 0.15) is 0 Å². The Morgan fingerprint density at radius 1 is 1.32 bits per heavy atom.